The van der Waals surface area contributed by atoms with E-state index in [1.807, 2.05) is 55.5 Å². The third-order valence-corrected chi connectivity index (χ3v) is 7.31. The molecule has 8 nitrogen and oxygen atoms in total. The van der Waals surface area contributed by atoms with E-state index < -0.39 is 11.4 Å². The number of fused-ring (bicyclic) bond motifs is 1. The fourth-order valence-corrected chi connectivity index (χ4v) is 5.08. The van der Waals surface area contributed by atoms with Gasteiger partial charge in [0.15, 0.2) is 5.69 Å². The molecule has 1 saturated carbocycles. The van der Waals surface area contributed by atoms with E-state index in [0.29, 0.717) is 13.1 Å². The first-order chi connectivity index (χ1) is 17.8. The summed E-state index contributed by atoms with van der Waals surface area (Å²) < 4.78 is 1.65. The van der Waals surface area contributed by atoms with Gasteiger partial charge in [-0.25, -0.2) is 4.98 Å². The number of amides is 3. The van der Waals surface area contributed by atoms with Gasteiger partial charge in [0.2, 0.25) is 5.91 Å². The number of aryl methyl sites for hydroxylation is 2. The molecule has 1 aromatic heterocycles. The predicted molar refractivity (Wildman–Crippen MR) is 140 cm³/mol. The summed E-state index contributed by atoms with van der Waals surface area (Å²) in [6, 6.07) is 16.0. The summed E-state index contributed by atoms with van der Waals surface area (Å²) in [7, 11) is 0. The first kappa shape index (κ1) is 24.7. The Morgan fingerprint density at radius 2 is 1.73 bits per heavy atom. The Balaban J connectivity index is 1.34. The third kappa shape index (κ3) is 4.88. The standard InChI is InChI=1S/C29H33N5O3/c1-4-20-8-10-21(11-9-20)15-30-26(35)24-25-27(36)34(23-12-13-23)29(3,17-33(25)18-32-24)28(37)31-16-22-7-5-6-19(2)14-22/h5-11,14,18,23H,4,12-13,15-17H2,1-3H3,(H,30,35)(H,31,37). The number of benzene rings is 2. The molecule has 192 valence electrons. The third-order valence-electron chi connectivity index (χ3n) is 7.31. The Kier molecular flexibility index (Phi) is 6.58. The van der Waals surface area contributed by atoms with E-state index in [2.05, 4.69) is 22.5 Å². The molecule has 2 aliphatic rings. The SMILES string of the molecule is CCc1ccc(CNC(=O)c2ncn3c2C(=O)N(C2CC2)C(C)(C(=O)NCc2cccc(C)c2)C3)cc1. The lowest BCUT2D eigenvalue weighted by molar-refractivity contribution is -0.133. The molecule has 1 aliphatic carbocycles. The van der Waals surface area contributed by atoms with Crippen molar-refractivity contribution in [3.8, 4) is 0 Å². The van der Waals surface area contributed by atoms with Gasteiger partial charge in [0.1, 0.15) is 11.2 Å². The molecule has 1 atom stereocenters. The number of rotatable bonds is 8. The number of carbonyl (C=O) groups is 3. The molecule has 5 rings (SSSR count). The number of imidazole rings is 1. The summed E-state index contributed by atoms with van der Waals surface area (Å²) in [5.74, 6) is -0.933. The van der Waals surface area contributed by atoms with E-state index >= 15 is 0 Å². The van der Waals surface area contributed by atoms with Crippen molar-refractivity contribution in [2.45, 2.75) is 71.2 Å². The van der Waals surface area contributed by atoms with Crippen LogP contribution in [0.15, 0.2) is 54.9 Å². The van der Waals surface area contributed by atoms with E-state index in [4.69, 9.17) is 0 Å². The molecule has 0 bridgehead atoms. The van der Waals surface area contributed by atoms with Crippen molar-refractivity contribution in [3.63, 3.8) is 0 Å². The second kappa shape index (κ2) is 9.84. The lowest BCUT2D eigenvalue weighted by Gasteiger charge is -2.44. The first-order valence-electron chi connectivity index (χ1n) is 12.9. The van der Waals surface area contributed by atoms with Crippen molar-refractivity contribution in [3.05, 3.63) is 88.5 Å². The Labute approximate surface area is 217 Å². The zero-order valence-electron chi connectivity index (χ0n) is 21.6. The summed E-state index contributed by atoms with van der Waals surface area (Å²) >= 11 is 0. The predicted octanol–water partition coefficient (Wildman–Crippen LogP) is 3.38. The van der Waals surface area contributed by atoms with Gasteiger partial charge >= 0.3 is 0 Å². The van der Waals surface area contributed by atoms with Gasteiger partial charge in [0.25, 0.3) is 11.8 Å². The van der Waals surface area contributed by atoms with Crippen LogP contribution in [0.4, 0.5) is 0 Å². The van der Waals surface area contributed by atoms with E-state index in [1.54, 1.807) is 16.4 Å². The van der Waals surface area contributed by atoms with Crippen LogP contribution in [0.25, 0.3) is 0 Å². The van der Waals surface area contributed by atoms with Crippen molar-refractivity contribution >= 4 is 17.7 Å². The minimum Gasteiger partial charge on any atom is -0.350 e. The Hall–Kier alpha value is -3.94. The molecule has 37 heavy (non-hydrogen) atoms. The molecule has 0 spiro atoms. The van der Waals surface area contributed by atoms with E-state index in [-0.39, 0.29) is 35.8 Å². The fourth-order valence-electron chi connectivity index (χ4n) is 5.08. The van der Waals surface area contributed by atoms with Crippen LogP contribution in [0.3, 0.4) is 0 Å². The first-order valence-corrected chi connectivity index (χ1v) is 12.9. The molecule has 1 fully saturated rings. The van der Waals surface area contributed by atoms with Crippen LogP contribution < -0.4 is 10.6 Å². The van der Waals surface area contributed by atoms with Crippen molar-refractivity contribution in [1.82, 2.24) is 25.1 Å². The smallest absolute Gasteiger partial charge is 0.274 e. The van der Waals surface area contributed by atoms with Gasteiger partial charge in [0.05, 0.1) is 12.9 Å². The van der Waals surface area contributed by atoms with Gasteiger partial charge in [0, 0.05) is 19.1 Å². The minimum atomic E-state index is -1.08. The van der Waals surface area contributed by atoms with E-state index in [0.717, 1.165) is 36.0 Å². The molecule has 1 unspecified atom stereocenters. The molecular formula is C29H33N5O3. The monoisotopic (exact) mass is 499 g/mol. The lowest BCUT2D eigenvalue weighted by atomic mass is 9.93. The normalized spacial score (nSPS) is 18.9. The van der Waals surface area contributed by atoms with Crippen LogP contribution in [0, 0.1) is 6.92 Å². The maximum absolute atomic E-state index is 13.8. The van der Waals surface area contributed by atoms with Gasteiger partial charge in [-0.3, -0.25) is 14.4 Å². The minimum absolute atomic E-state index is 0.0149. The molecule has 0 saturated heterocycles. The number of nitrogens with one attached hydrogen (secondary N) is 2. The van der Waals surface area contributed by atoms with E-state index in [9.17, 15) is 14.4 Å². The number of hydrogen-bond acceptors (Lipinski definition) is 4. The average molecular weight is 500 g/mol. The summed E-state index contributed by atoms with van der Waals surface area (Å²) in [6.07, 6.45) is 4.14. The molecule has 0 radical (unpaired) electrons. The highest BCUT2D eigenvalue weighted by Gasteiger charge is 2.53. The molecule has 8 heteroatoms. The molecule has 3 aromatic rings. The Morgan fingerprint density at radius 3 is 2.41 bits per heavy atom. The molecule has 1 aliphatic heterocycles. The van der Waals surface area contributed by atoms with Crippen LogP contribution >= 0.6 is 0 Å². The molecule has 2 aromatic carbocycles. The van der Waals surface area contributed by atoms with Gasteiger partial charge in [-0.05, 0) is 49.8 Å². The summed E-state index contributed by atoms with van der Waals surface area (Å²) in [5.41, 5.74) is 3.60. The van der Waals surface area contributed by atoms with Gasteiger partial charge in [-0.1, -0.05) is 61.0 Å². The number of hydrogen-bond donors (Lipinski definition) is 2. The van der Waals surface area contributed by atoms with Crippen LogP contribution in [0.5, 0.6) is 0 Å². The highest BCUT2D eigenvalue weighted by molar-refractivity contribution is 6.07. The van der Waals surface area contributed by atoms with Gasteiger partial charge in [-0.15, -0.1) is 0 Å². The molecule has 3 amide bonds. The fraction of sp³-hybridized carbons (Fsp3) is 0.379. The summed E-state index contributed by atoms with van der Waals surface area (Å²) in [4.78, 5) is 46.3. The highest BCUT2D eigenvalue weighted by Crippen LogP contribution is 2.38. The largest absolute Gasteiger partial charge is 0.350 e. The molecule has 2 N–H and O–H groups in total. The van der Waals surface area contributed by atoms with Crippen molar-refractivity contribution in [2.24, 2.45) is 0 Å². The topological polar surface area (TPSA) is 96.3 Å². The second-order valence-corrected chi connectivity index (χ2v) is 10.3. The second-order valence-electron chi connectivity index (χ2n) is 10.3. The van der Waals surface area contributed by atoms with Crippen LogP contribution in [0.1, 0.15) is 69.9 Å². The van der Waals surface area contributed by atoms with Crippen LogP contribution in [-0.4, -0.2) is 43.8 Å². The number of aromatic nitrogens is 2. The van der Waals surface area contributed by atoms with Crippen LogP contribution in [-0.2, 0) is 30.8 Å². The lowest BCUT2D eigenvalue weighted by Crippen LogP contribution is -2.64. The van der Waals surface area contributed by atoms with Crippen molar-refractivity contribution in [2.75, 3.05) is 0 Å². The maximum Gasteiger partial charge on any atom is 0.274 e. The summed E-state index contributed by atoms with van der Waals surface area (Å²) in [6.45, 7) is 6.87. The van der Waals surface area contributed by atoms with Gasteiger partial charge < -0.3 is 20.1 Å². The zero-order valence-corrected chi connectivity index (χ0v) is 21.6. The number of carbonyl (C=O) groups excluding carboxylic acids is 3. The maximum atomic E-state index is 13.8. The average Bonchev–Trinajstić information content (AvgIpc) is 3.63. The van der Waals surface area contributed by atoms with Crippen molar-refractivity contribution in [1.29, 1.82) is 0 Å². The van der Waals surface area contributed by atoms with Gasteiger partial charge in [-0.2, -0.15) is 0 Å². The van der Waals surface area contributed by atoms with Crippen molar-refractivity contribution < 1.29 is 14.4 Å². The van der Waals surface area contributed by atoms with E-state index in [1.165, 1.54) is 11.9 Å². The number of nitrogens with zero attached hydrogens (tertiary/aromatic N) is 3. The highest BCUT2D eigenvalue weighted by atomic mass is 16.2. The summed E-state index contributed by atoms with van der Waals surface area (Å²) in [5, 5.41) is 5.92. The zero-order chi connectivity index (χ0) is 26.2. The Morgan fingerprint density at radius 1 is 1.03 bits per heavy atom. The molecular weight excluding hydrogens is 466 g/mol. The Bertz CT molecular complexity index is 1340. The van der Waals surface area contributed by atoms with Crippen LogP contribution in [0.2, 0.25) is 0 Å². The molecule has 2 heterocycles. The quantitative estimate of drug-likeness (QED) is 0.497.